The Bertz CT molecular complexity index is 653. The summed E-state index contributed by atoms with van der Waals surface area (Å²) in [7, 11) is 0. The van der Waals surface area contributed by atoms with E-state index in [1.807, 2.05) is 0 Å². The monoisotopic (exact) mass is 356 g/mol. The molecule has 24 heavy (non-hydrogen) atoms. The highest BCUT2D eigenvalue weighted by molar-refractivity contribution is 5.94. The summed E-state index contributed by atoms with van der Waals surface area (Å²) in [5.41, 5.74) is -4.95. The van der Waals surface area contributed by atoms with Gasteiger partial charge < -0.3 is 10.1 Å². The van der Waals surface area contributed by atoms with Crippen LogP contribution in [-0.4, -0.2) is 28.7 Å². The van der Waals surface area contributed by atoms with Crippen molar-refractivity contribution in [2.45, 2.75) is 39.2 Å². The maximum atomic E-state index is 13.1. The molecule has 0 saturated heterocycles. The number of rotatable bonds is 2. The summed E-state index contributed by atoms with van der Waals surface area (Å²) in [6, 6.07) is -0.816. The summed E-state index contributed by atoms with van der Waals surface area (Å²) in [4.78, 5) is 3.69. The number of halogens is 6. The number of aliphatic imine (C=N–C) groups is 1. The van der Waals surface area contributed by atoms with Gasteiger partial charge in [-0.05, 0) is 12.8 Å². The summed E-state index contributed by atoms with van der Waals surface area (Å²) in [5.74, 6) is -0.404. The van der Waals surface area contributed by atoms with Gasteiger partial charge >= 0.3 is 12.4 Å². The third-order valence-electron chi connectivity index (χ3n) is 3.23. The van der Waals surface area contributed by atoms with Gasteiger partial charge in [0.1, 0.15) is 11.7 Å². The maximum Gasteiger partial charge on any atom is 0.437 e. The fourth-order valence-corrected chi connectivity index (χ4v) is 2.18. The van der Waals surface area contributed by atoms with Crippen LogP contribution in [-0.2, 0) is 17.1 Å². The van der Waals surface area contributed by atoms with Crippen molar-refractivity contribution in [3.8, 4) is 0 Å². The van der Waals surface area contributed by atoms with E-state index in [-0.39, 0.29) is 18.4 Å². The number of ether oxygens (including phenoxy) is 1. The van der Waals surface area contributed by atoms with Gasteiger partial charge in [-0.1, -0.05) is 13.8 Å². The lowest BCUT2D eigenvalue weighted by molar-refractivity contribution is -0.146. The first-order chi connectivity index (χ1) is 11.0. The van der Waals surface area contributed by atoms with Crippen molar-refractivity contribution in [2.75, 3.05) is 11.9 Å². The lowest BCUT2D eigenvalue weighted by Crippen LogP contribution is -2.39. The number of anilines is 1. The van der Waals surface area contributed by atoms with E-state index in [0.717, 1.165) is 0 Å². The molecule has 0 aliphatic carbocycles. The van der Waals surface area contributed by atoms with E-state index < -0.39 is 41.2 Å². The van der Waals surface area contributed by atoms with E-state index in [1.165, 1.54) is 0 Å². The topological polar surface area (TPSA) is 59.4 Å². The van der Waals surface area contributed by atoms with Crippen molar-refractivity contribution in [1.82, 2.24) is 10.2 Å². The summed E-state index contributed by atoms with van der Waals surface area (Å²) < 4.78 is 83.6. The highest BCUT2D eigenvalue weighted by Crippen LogP contribution is 2.46. The molecule has 0 aromatic carbocycles. The van der Waals surface area contributed by atoms with Gasteiger partial charge in [0.15, 0.2) is 11.4 Å². The van der Waals surface area contributed by atoms with Gasteiger partial charge in [-0.15, -0.1) is 10.2 Å². The third kappa shape index (κ3) is 3.39. The third-order valence-corrected chi connectivity index (χ3v) is 3.23. The fourth-order valence-electron chi connectivity index (χ4n) is 2.18. The number of aromatic nitrogens is 2. The van der Waals surface area contributed by atoms with Gasteiger partial charge in [0.2, 0.25) is 5.90 Å². The van der Waals surface area contributed by atoms with Crippen LogP contribution in [0, 0.1) is 5.92 Å². The molecular formula is C13H14F6N4O. The summed E-state index contributed by atoms with van der Waals surface area (Å²) in [6.07, 6.45) is -9.98. The Hall–Kier alpha value is -2.07. The molecule has 1 unspecified atom stereocenters. The Kier molecular flexibility index (Phi) is 4.64. The van der Waals surface area contributed by atoms with Gasteiger partial charge in [-0.2, -0.15) is 26.3 Å². The van der Waals surface area contributed by atoms with E-state index in [2.05, 4.69) is 20.5 Å². The predicted octanol–water partition coefficient (Wildman–Crippen LogP) is 4.03. The van der Waals surface area contributed by atoms with E-state index in [1.54, 1.807) is 20.8 Å². The quantitative estimate of drug-likeness (QED) is 0.813. The second-order valence-corrected chi connectivity index (χ2v) is 5.37. The molecule has 1 aliphatic heterocycles. The Morgan fingerprint density at radius 3 is 2.04 bits per heavy atom. The normalized spacial score (nSPS) is 18.1. The molecule has 0 bridgehead atoms. The van der Waals surface area contributed by atoms with Crippen LogP contribution >= 0.6 is 0 Å². The summed E-state index contributed by atoms with van der Waals surface area (Å²) in [5, 5.41) is 7.86. The minimum atomic E-state index is -5.01. The molecule has 0 spiro atoms. The molecule has 1 atom stereocenters. The number of hydrogen-bond acceptors (Lipinski definition) is 5. The number of nitrogens with one attached hydrogen (secondary N) is 1. The maximum absolute atomic E-state index is 13.1. The lowest BCUT2D eigenvalue weighted by atomic mass is 10.0. The average molecular weight is 356 g/mol. The highest BCUT2D eigenvalue weighted by Gasteiger charge is 2.46. The van der Waals surface area contributed by atoms with Crippen molar-refractivity contribution in [3.05, 3.63) is 11.4 Å². The number of hydrogen-bond donors (Lipinski definition) is 1. The van der Waals surface area contributed by atoms with Crippen molar-refractivity contribution in [1.29, 1.82) is 0 Å². The molecule has 5 nitrogen and oxygen atoms in total. The molecule has 0 fully saturated rings. The van der Waals surface area contributed by atoms with Crippen LogP contribution in [0.3, 0.4) is 0 Å². The number of fused-ring (bicyclic) bond motifs is 1. The Balaban J connectivity index is 2.74. The summed E-state index contributed by atoms with van der Waals surface area (Å²) in [6.45, 7) is 5.03. The van der Waals surface area contributed by atoms with Crippen molar-refractivity contribution in [2.24, 2.45) is 10.9 Å². The first kappa shape index (κ1) is 18.3. The highest BCUT2D eigenvalue weighted by atomic mass is 19.4. The summed E-state index contributed by atoms with van der Waals surface area (Å²) >= 11 is 0. The van der Waals surface area contributed by atoms with E-state index in [0.29, 0.717) is 0 Å². The average Bonchev–Trinajstić information content (AvgIpc) is 2.43. The van der Waals surface area contributed by atoms with Crippen LogP contribution in [0.1, 0.15) is 32.2 Å². The van der Waals surface area contributed by atoms with E-state index in [4.69, 9.17) is 4.74 Å². The Labute approximate surface area is 133 Å². The zero-order valence-corrected chi connectivity index (χ0v) is 12.9. The SMILES string of the molecule is CCOC1=Nc2c(C(F)(F)F)nnc(C(F)(F)F)c2NC1C(C)C. The van der Waals surface area contributed by atoms with E-state index in [9.17, 15) is 26.3 Å². The molecule has 0 saturated carbocycles. The zero-order chi connectivity index (χ0) is 18.3. The second kappa shape index (κ2) is 6.10. The minimum absolute atomic E-state index is 0.102. The molecule has 1 N–H and O–H groups in total. The molecule has 0 radical (unpaired) electrons. The first-order valence-electron chi connectivity index (χ1n) is 6.99. The Morgan fingerprint density at radius 2 is 1.58 bits per heavy atom. The molecule has 0 amide bonds. The van der Waals surface area contributed by atoms with Crippen LogP contribution in [0.25, 0.3) is 0 Å². The molecule has 1 aromatic heterocycles. The van der Waals surface area contributed by atoms with Crippen molar-refractivity contribution < 1.29 is 31.1 Å². The van der Waals surface area contributed by atoms with Gasteiger partial charge in [-0.3, -0.25) is 0 Å². The van der Waals surface area contributed by atoms with Gasteiger partial charge in [0, 0.05) is 0 Å². The van der Waals surface area contributed by atoms with Crippen LogP contribution < -0.4 is 5.32 Å². The van der Waals surface area contributed by atoms with Gasteiger partial charge in [-0.25, -0.2) is 4.99 Å². The Morgan fingerprint density at radius 1 is 1.04 bits per heavy atom. The fraction of sp³-hybridized carbons (Fsp3) is 0.615. The molecule has 134 valence electrons. The van der Waals surface area contributed by atoms with Crippen molar-refractivity contribution >= 4 is 17.3 Å². The second-order valence-electron chi connectivity index (χ2n) is 5.37. The molecule has 1 aromatic rings. The molecule has 1 aliphatic rings. The molecular weight excluding hydrogens is 342 g/mol. The number of alkyl halides is 6. The lowest BCUT2D eigenvalue weighted by Gasteiger charge is -2.31. The minimum Gasteiger partial charge on any atom is -0.480 e. The van der Waals surface area contributed by atoms with Crippen LogP contribution in [0.15, 0.2) is 4.99 Å². The standard InChI is InChI=1S/C13H14F6N4O/c1-4-24-11-6(5(2)3)20-7-8(21-11)10(13(17,18)19)23-22-9(7)12(14,15)16/h5-6,20H,4H2,1-3H3. The predicted molar refractivity (Wildman–Crippen MR) is 73.0 cm³/mol. The van der Waals surface area contributed by atoms with Crippen LogP contribution in [0.4, 0.5) is 37.7 Å². The number of nitrogens with zero attached hydrogens (tertiary/aromatic N) is 3. The van der Waals surface area contributed by atoms with Crippen LogP contribution in [0.5, 0.6) is 0 Å². The molecule has 2 heterocycles. The molecule has 2 rings (SSSR count). The van der Waals surface area contributed by atoms with E-state index >= 15 is 0 Å². The van der Waals surface area contributed by atoms with Gasteiger partial charge in [0.05, 0.1) is 12.3 Å². The van der Waals surface area contributed by atoms with Gasteiger partial charge in [0.25, 0.3) is 0 Å². The molecule has 11 heteroatoms. The smallest absolute Gasteiger partial charge is 0.437 e. The first-order valence-corrected chi connectivity index (χ1v) is 6.99. The zero-order valence-electron chi connectivity index (χ0n) is 12.9. The largest absolute Gasteiger partial charge is 0.480 e. The van der Waals surface area contributed by atoms with Crippen molar-refractivity contribution in [3.63, 3.8) is 0 Å². The van der Waals surface area contributed by atoms with Crippen LogP contribution in [0.2, 0.25) is 0 Å².